The second kappa shape index (κ2) is 8.97. The summed E-state index contributed by atoms with van der Waals surface area (Å²) in [7, 11) is -0.278. The van der Waals surface area contributed by atoms with Gasteiger partial charge in [-0.1, -0.05) is 24.3 Å². The van der Waals surface area contributed by atoms with Crippen LogP contribution in [0.5, 0.6) is 0 Å². The molecule has 0 N–H and O–H groups in total. The topological polar surface area (TPSA) is 84.2 Å². The van der Waals surface area contributed by atoms with Gasteiger partial charge in [-0.2, -0.15) is 9.40 Å². The van der Waals surface area contributed by atoms with E-state index in [-0.39, 0.29) is 19.1 Å². The molecule has 1 aliphatic rings. The maximum Gasteiger partial charge on any atom is 0.245 e. The molecule has 4 aromatic rings. The Bertz CT molecular complexity index is 1500. The normalized spacial score (nSPS) is 15.5. The van der Waals surface area contributed by atoms with E-state index >= 15 is 0 Å². The summed E-state index contributed by atoms with van der Waals surface area (Å²) in [6, 6.07) is 12.3. The van der Waals surface area contributed by atoms with Crippen molar-refractivity contribution >= 4 is 26.6 Å². The second-order valence-corrected chi connectivity index (χ2v) is 10.5. The minimum absolute atomic E-state index is 0.0137. The number of aromatic nitrogens is 4. The third-order valence-corrected chi connectivity index (χ3v) is 8.48. The standard InChI is InChI=1S/C24H24F2N6O2S/c1-30(17-10-13-32(14-11-17)35(33,34)22-8-7-16(25)15-20(22)26)24-19-6-4-3-5-18(19)23(28-29-24)21-9-12-27-31(21)2/h3-9,12,15,17H,10-11,13-14H2,1-2H3. The molecule has 11 heteroatoms. The van der Waals surface area contributed by atoms with Gasteiger partial charge >= 0.3 is 0 Å². The molecule has 1 aliphatic heterocycles. The predicted molar refractivity (Wildman–Crippen MR) is 128 cm³/mol. The van der Waals surface area contributed by atoms with Crippen molar-refractivity contribution in [1.82, 2.24) is 24.3 Å². The minimum Gasteiger partial charge on any atom is -0.355 e. The lowest BCUT2D eigenvalue weighted by Gasteiger charge is -2.36. The Morgan fingerprint density at radius 1 is 1.00 bits per heavy atom. The smallest absolute Gasteiger partial charge is 0.245 e. The first kappa shape index (κ1) is 23.3. The van der Waals surface area contributed by atoms with Gasteiger partial charge < -0.3 is 4.90 Å². The molecule has 0 radical (unpaired) electrons. The lowest BCUT2D eigenvalue weighted by molar-refractivity contribution is 0.313. The maximum absolute atomic E-state index is 14.2. The third-order valence-electron chi connectivity index (χ3n) is 6.55. The van der Waals surface area contributed by atoms with E-state index in [1.165, 1.54) is 4.31 Å². The number of piperidine rings is 1. The van der Waals surface area contributed by atoms with Gasteiger partial charge in [-0.15, -0.1) is 10.2 Å². The summed E-state index contributed by atoms with van der Waals surface area (Å²) < 4.78 is 56.3. The Balaban J connectivity index is 1.39. The Labute approximate surface area is 201 Å². The second-order valence-electron chi connectivity index (χ2n) is 8.58. The minimum atomic E-state index is -4.06. The summed E-state index contributed by atoms with van der Waals surface area (Å²) in [5, 5.41) is 15.1. The van der Waals surface area contributed by atoms with Gasteiger partial charge in [-0.3, -0.25) is 4.68 Å². The van der Waals surface area contributed by atoms with Gasteiger partial charge in [-0.05, 0) is 31.0 Å². The average Bonchev–Trinajstić information content (AvgIpc) is 3.28. The SMILES string of the molecule is CN(c1nnc(-c2ccnn2C)c2ccccc12)C1CCN(S(=O)(=O)c2ccc(F)cc2F)CC1. The molecule has 3 heterocycles. The molecule has 0 bridgehead atoms. The van der Waals surface area contributed by atoms with Gasteiger partial charge in [0.15, 0.2) is 5.82 Å². The average molecular weight is 499 g/mol. The fourth-order valence-electron chi connectivity index (χ4n) is 4.61. The van der Waals surface area contributed by atoms with Gasteiger partial charge in [0.05, 0.1) is 5.69 Å². The van der Waals surface area contributed by atoms with Crippen molar-refractivity contribution in [2.45, 2.75) is 23.8 Å². The fourth-order valence-corrected chi connectivity index (χ4v) is 6.13. The zero-order chi connectivity index (χ0) is 24.7. The highest BCUT2D eigenvalue weighted by atomic mass is 32.2. The number of sulfonamides is 1. The molecule has 0 atom stereocenters. The largest absolute Gasteiger partial charge is 0.355 e. The van der Waals surface area contributed by atoms with Crippen molar-refractivity contribution in [3.63, 3.8) is 0 Å². The van der Waals surface area contributed by atoms with Crippen molar-refractivity contribution in [1.29, 1.82) is 0 Å². The van der Waals surface area contributed by atoms with Gasteiger partial charge in [0.1, 0.15) is 22.2 Å². The number of rotatable bonds is 5. The third kappa shape index (κ3) is 4.14. The fraction of sp³-hybridized carbons (Fsp3) is 0.292. The van der Waals surface area contributed by atoms with Crippen LogP contribution < -0.4 is 4.90 Å². The van der Waals surface area contributed by atoms with Crippen LogP contribution in [0.3, 0.4) is 0 Å². The Morgan fingerprint density at radius 2 is 1.71 bits per heavy atom. The van der Waals surface area contributed by atoms with Crippen LogP contribution in [0.15, 0.2) is 59.6 Å². The van der Waals surface area contributed by atoms with E-state index in [2.05, 4.69) is 15.3 Å². The number of benzene rings is 2. The molecule has 2 aromatic heterocycles. The first-order chi connectivity index (χ1) is 16.8. The molecule has 0 unspecified atom stereocenters. The number of nitrogens with zero attached hydrogens (tertiary/aromatic N) is 6. The van der Waals surface area contributed by atoms with Crippen LogP contribution in [0.2, 0.25) is 0 Å². The lowest BCUT2D eigenvalue weighted by Crippen LogP contribution is -2.46. The number of fused-ring (bicyclic) bond motifs is 1. The quantitative estimate of drug-likeness (QED) is 0.418. The van der Waals surface area contributed by atoms with Gasteiger partial charge in [0.25, 0.3) is 0 Å². The Hall–Kier alpha value is -3.44. The molecule has 0 aliphatic carbocycles. The number of aryl methyl sites for hydroxylation is 1. The van der Waals surface area contributed by atoms with Gasteiger partial charge in [0.2, 0.25) is 10.0 Å². The van der Waals surface area contributed by atoms with Crippen LogP contribution in [0, 0.1) is 11.6 Å². The van der Waals surface area contributed by atoms with E-state index in [1.54, 1.807) is 10.9 Å². The summed E-state index contributed by atoms with van der Waals surface area (Å²) >= 11 is 0. The summed E-state index contributed by atoms with van der Waals surface area (Å²) in [4.78, 5) is 1.53. The molecule has 35 heavy (non-hydrogen) atoms. The highest BCUT2D eigenvalue weighted by Gasteiger charge is 2.33. The molecule has 0 amide bonds. The molecule has 2 aromatic carbocycles. The van der Waals surface area contributed by atoms with Crippen LogP contribution in [-0.4, -0.2) is 58.9 Å². The van der Waals surface area contributed by atoms with E-state index < -0.39 is 26.6 Å². The number of hydrogen-bond donors (Lipinski definition) is 0. The van der Waals surface area contributed by atoms with E-state index in [0.717, 1.165) is 34.3 Å². The zero-order valence-corrected chi connectivity index (χ0v) is 20.1. The summed E-state index contributed by atoms with van der Waals surface area (Å²) in [6.45, 7) is 0.430. The first-order valence-corrected chi connectivity index (χ1v) is 12.6. The first-order valence-electron chi connectivity index (χ1n) is 11.2. The summed E-state index contributed by atoms with van der Waals surface area (Å²) in [5.41, 5.74) is 1.59. The van der Waals surface area contributed by atoms with Crippen LogP contribution in [-0.2, 0) is 17.1 Å². The Kier molecular flexibility index (Phi) is 5.97. The highest BCUT2D eigenvalue weighted by Crippen LogP contribution is 2.33. The molecular formula is C24H24F2N6O2S. The zero-order valence-electron chi connectivity index (χ0n) is 19.3. The monoisotopic (exact) mass is 498 g/mol. The molecule has 1 saturated heterocycles. The number of hydrogen-bond acceptors (Lipinski definition) is 6. The number of halogens is 2. The van der Waals surface area contributed by atoms with Crippen molar-refractivity contribution in [3.05, 3.63) is 66.4 Å². The van der Waals surface area contributed by atoms with Gasteiger partial charge in [0, 0.05) is 56.3 Å². The van der Waals surface area contributed by atoms with Crippen molar-refractivity contribution in [3.8, 4) is 11.4 Å². The maximum atomic E-state index is 14.2. The molecule has 5 rings (SSSR count). The van der Waals surface area contributed by atoms with Crippen molar-refractivity contribution in [2.24, 2.45) is 7.05 Å². The molecular weight excluding hydrogens is 474 g/mol. The van der Waals surface area contributed by atoms with Crippen molar-refractivity contribution < 1.29 is 17.2 Å². The van der Waals surface area contributed by atoms with Gasteiger partial charge in [-0.25, -0.2) is 17.2 Å². The molecule has 0 saturated carbocycles. The molecule has 8 nitrogen and oxygen atoms in total. The van der Waals surface area contributed by atoms with E-state index in [0.29, 0.717) is 24.7 Å². The molecule has 1 fully saturated rings. The highest BCUT2D eigenvalue weighted by molar-refractivity contribution is 7.89. The van der Waals surface area contributed by atoms with Crippen LogP contribution in [0.4, 0.5) is 14.6 Å². The predicted octanol–water partition coefficient (Wildman–Crippen LogP) is 3.60. The van der Waals surface area contributed by atoms with E-state index in [9.17, 15) is 17.2 Å². The van der Waals surface area contributed by atoms with Crippen LogP contribution in [0.25, 0.3) is 22.2 Å². The Morgan fingerprint density at radius 3 is 2.37 bits per heavy atom. The van der Waals surface area contributed by atoms with E-state index in [4.69, 9.17) is 0 Å². The lowest BCUT2D eigenvalue weighted by atomic mass is 10.0. The molecule has 182 valence electrons. The summed E-state index contributed by atoms with van der Waals surface area (Å²) in [5.74, 6) is -1.19. The molecule has 0 spiro atoms. The van der Waals surface area contributed by atoms with Crippen LogP contribution in [0.1, 0.15) is 12.8 Å². The van der Waals surface area contributed by atoms with Crippen LogP contribution >= 0.6 is 0 Å². The summed E-state index contributed by atoms with van der Waals surface area (Å²) in [6.07, 6.45) is 2.77. The number of anilines is 1. The van der Waals surface area contributed by atoms with E-state index in [1.807, 2.05) is 49.3 Å². The van der Waals surface area contributed by atoms with Crippen molar-refractivity contribution in [2.75, 3.05) is 25.0 Å².